The molecule has 2 fully saturated rings. The zero-order valence-corrected chi connectivity index (χ0v) is 13.1. The predicted molar refractivity (Wildman–Crippen MR) is 86.9 cm³/mol. The van der Waals surface area contributed by atoms with Crippen LogP contribution in [0.4, 0.5) is 0 Å². The number of methoxy groups -OCH3 is 1. The van der Waals surface area contributed by atoms with Crippen LogP contribution in [0.5, 0.6) is 5.75 Å². The largest absolute Gasteiger partial charge is 0.497 e. The van der Waals surface area contributed by atoms with E-state index in [-0.39, 0.29) is 0 Å². The zero-order valence-electron chi connectivity index (χ0n) is 12.3. The van der Waals surface area contributed by atoms with Gasteiger partial charge in [-0.05, 0) is 55.1 Å². The van der Waals surface area contributed by atoms with Crippen LogP contribution in [0.25, 0.3) is 0 Å². The van der Waals surface area contributed by atoms with Gasteiger partial charge >= 0.3 is 0 Å². The SMILES string of the molecule is COc1ccc(C2CC(NCC3CCCCS3)C2)cc1. The maximum absolute atomic E-state index is 5.21. The average molecular weight is 291 g/mol. The Morgan fingerprint density at radius 1 is 1.20 bits per heavy atom. The third-order valence-corrected chi connectivity index (χ3v) is 6.03. The molecule has 1 saturated carbocycles. The standard InChI is InChI=1S/C17H25NOS/c1-19-16-7-5-13(6-8-16)14-10-15(11-14)18-12-17-4-2-3-9-20-17/h5-8,14-15,17-18H,2-4,9-12H2,1H3. The van der Waals surface area contributed by atoms with Gasteiger partial charge in [-0.1, -0.05) is 18.6 Å². The first-order chi connectivity index (χ1) is 9.85. The molecular weight excluding hydrogens is 266 g/mol. The Kier molecular flexibility index (Phi) is 4.90. The summed E-state index contributed by atoms with van der Waals surface area (Å²) in [5.41, 5.74) is 1.47. The van der Waals surface area contributed by atoms with Crippen LogP contribution in [-0.2, 0) is 0 Å². The van der Waals surface area contributed by atoms with Gasteiger partial charge < -0.3 is 10.1 Å². The topological polar surface area (TPSA) is 21.3 Å². The van der Waals surface area contributed by atoms with E-state index in [4.69, 9.17) is 4.74 Å². The van der Waals surface area contributed by atoms with Crippen LogP contribution in [0.2, 0.25) is 0 Å². The Morgan fingerprint density at radius 3 is 2.65 bits per heavy atom. The van der Waals surface area contributed by atoms with Crippen LogP contribution in [0.3, 0.4) is 0 Å². The summed E-state index contributed by atoms with van der Waals surface area (Å²) in [6, 6.07) is 9.33. The van der Waals surface area contributed by atoms with Crippen LogP contribution < -0.4 is 10.1 Å². The van der Waals surface area contributed by atoms with Crippen molar-refractivity contribution in [3.8, 4) is 5.75 Å². The molecule has 1 aromatic carbocycles. The summed E-state index contributed by atoms with van der Waals surface area (Å²) in [5, 5.41) is 4.63. The highest BCUT2D eigenvalue weighted by Crippen LogP contribution is 2.37. The molecule has 1 heterocycles. The second-order valence-electron chi connectivity index (χ2n) is 6.04. The summed E-state index contributed by atoms with van der Waals surface area (Å²) in [5.74, 6) is 3.07. The van der Waals surface area contributed by atoms with E-state index in [2.05, 4.69) is 41.3 Å². The molecule has 2 aliphatic rings. The Hall–Kier alpha value is -0.670. The molecule has 3 heteroatoms. The second kappa shape index (κ2) is 6.86. The lowest BCUT2D eigenvalue weighted by Gasteiger charge is -2.37. The van der Waals surface area contributed by atoms with Crippen molar-refractivity contribution in [2.45, 2.75) is 49.3 Å². The number of thioether (sulfide) groups is 1. The van der Waals surface area contributed by atoms with Crippen LogP contribution in [0.1, 0.15) is 43.6 Å². The summed E-state index contributed by atoms with van der Waals surface area (Å²) >= 11 is 2.16. The van der Waals surface area contributed by atoms with Crippen LogP contribution in [-0.4, -0.2) is 30.7 Å². The van der Waals surface area contributed by atoms with Crippen molar-refractivity contribution in [3.05, 3.63) is 29.8 Å². The maximum atomic E-state index is 5.21. The Balaban J connectivity index is 1.39. The average Bonchev–Trinajstić information content (AvgIpc) is 2.47. The summed E-state index contributed by atoms with van der Waals surface area (Å²) in [6.07, 6.45) is 6.85. The third kappa shape index (κ3) is 3.50. The maximum Gasteiger partial charge on any atom is 0.118 e. The van der Waals surface area contributed by atoms with Crippen molar-refractivity contribution in [2.75, 3.05) is 19.4 Å². The summed E-state index contributed by atoms with van der Waals surface area (Å²) in [7, 11) is 1.72. The van der Waals surface area contributed by atoms with Crippen LogP contribution in [0.15, 0.2) is 24.3 Å². The van der Waals surface area contributed by atoms with Crippen molar-refractivity contribution in [1.29, 1.82) is 0 Å². The van der Waals surface area contributed by atoms with E-state index in [1.807, 2.05) is 0 Å². The van der Waals surface area contributed by atoms with Crippen molar-refractivity contribution in [1.82, 2.24) is 5.32 Å². The first-order valence-electron chi connectivity index (χ1n) is 7.84. The fourth-order valence-electron chi connectivity index (χ4n) is 3.20. The monoisotopic (exact) mass is 291 g/mol. The molecule has 2 nitrogen and oxygen atoms in total. The lowest BCUT2D eigenvalue weighted by atomic mass is 9.76. The zero-order chi connectivity index (χ0) is 13.8. The van der Waals surface area contributed by atoms with E-state index in [1.54, 1.807) is 7.11 Å². The number of benzene rings is 1. The minimum Gasteiger partial charge on any atom is -0.497 e. The molecule has 1 N–H and O–H groups in total. The normalized spacial score (nSPS) is 29.8. The van der Waals surface area contributed by atoms with Crippen molar-refractivity contribution >= 4 is 11.8 Å². The van der Waals surface area contributed by atoms with Gasteiger partial charge in [-0.15, -0.1) is 0 Å². The second-order valence-corrected chi connectivity index (χ2v) is 7.44. The highest BCUT2D eigenvalue weighted by molar-refractivity contribution is 7.99. The van der Waals surface area contributed by atoms with E-state index >= 15 is 0 Å². The number of hydrogen-bond acceptors (Lipinski definition) is 3. The lowest BCUT2D eigenvalue weighted by molar-refractivity contribution is 0.290. The quantitative estimate of drug-likeness (QED) is 0.891. The number of nitrogens with one attached hydrogen (secondary N) is 1. The van der Waals surface area contributed by atoms with Gasteiger partial charge in [-0.3, -0.25) is 0 Å². The third-order valence-electron chi connectivity index (χ3n) is 4.63. The van der Waals surface area contributed by atoms with Gasteiger partial charge in [0, 0.05) is 17.8 Å². The molecule has 0 radical (unpaired) electrons. The number of hydrogen-bond donors (Lipinski definition) is 1. The molecule has 0 bridgehead atoms. The first-order valence-corrected chi connectivity index (χ1v) is 8.89. The van der Waals surface area contributed by atoms with Gasteiger partial charge in [0.25, 0.3) is 0 Å². The fraction of sp³-hybridized carbons (Fsp3) is 0.647. The molecule has 20 heavy (non-hydrogen) atoms. The Morgan fingerprint density at radius 2 is 2.00 bits per heavy atom. The minimum absolute atomic E-state index is 0.740. The minimum atomic E-state index is 0.740. The van der Waals surface area contributed by atoms with Crippen molar-refractivity contribution < 1.29 is 4.74 Å². The van der Waals surface area contributed by atoms with Gasteiger partial charge in [-0.25, -0.2) is 0 Å². The van der Waals surface area contributed by atoms with E-state index in [1.165, 1.54) is 50.0 Å². The van der Waals surface area contributed by atoms with Gasteiger partial charge in [-0.2, -0.15) is 11.8 Å². The molecule has 1 aromatic rings. The van der Waals surface area contributed by atoms with Crippen molar-refractivity contribution in [3.63, 3.8) is 0 Å². The molecule has 0 amide bonds. The summed E-state index contributed by atoms with van der Waals surface area (Å²) < 4.78 is 5.21. The molecule has 1 saturated heterocycles. The Bertz CT molecular complexity index is 408. The Labute approximate surface area is 126 Å². The molecule has 3 rings (SSSR count). The van der Waals surface area contributed by atoms with E-state index in [9.17, 15) is 0 Å². The van der Waals surface area contributed by atoms with Gasteiger partial charge in [0.05, 0.1) is 7.11 Å². The van der Waals surface area contributed by atoms with Gasteiger partial charge in [0.2, 0.25) is 0 Å². The van der Waals surface area contributed by atoms with Crippen LogP contribution in [0, 0.1) is 0 Å². The first kappa shape index (κ1) is 14.3. The molecule has 110 valence electrons. The predicted octanol–water partition coefficient (Wildman–Crippen LogP) is 3.82. The van der Waals surface area contributed by atoms with Gasteiger partial charge in [0.15, 0.2) is 0 Å². The lowest BCUT2D eigenvalue weighted by Crippen LogP contribution is -2.43. The molecule has 1 aliphatic carbocycles. The molecule has 1 aliphatic heterocycles. The van der Waals surface area contributed by atoms with Gasteiger partial charge in [0.1, 0.15) is 5.75 Å². The summed E-state index contributed by atoms with van der Waals surface area (Å²) in [4.78, 5) is 0. The highest BCUT2D eigenvalue weighted by Gasteiger charge is 2.30. The molecule has 1 unspecified atom stereocenters. The number of rotatable bonds is 5. The molecular formula is C17H25NOS. The molecule has 0 spiro atoms. The van der Waals surface area contributed by atoms with E-state index in [0.29, 0.717) is 0 Å². The van der Waals surface area contributed by atoms with E-state index < -0.39 is 0 Å². The number of ether oxygens (including phenoxy) is 1. The fourth-order valence-corrected chi connectivity index (χ4v) is 4.45. The van der Waals surface area contributed by atoms with Crippen molar-refractivity contribution in [2.24, 2.45) is 0 Å². The smallest absolute Gasteiger partial charge is 0.118 e. The summed E-state index contributed by atoms with van der Waals surface area (Å²) in [6.45, 7) is 1.21. The molecule has 0 aromatic heterocycles. The van der Waals surface area contributed by atoms with Crippen LogP contribution >= 0.6 is 11.8 Å². The molecule has 1 atom stereocenters. The highest BCUT2D eigenvalue weighted by atomic mass is 32.2. The van der Waals surface area contributed by atoms with E-state index in [0.717, 1.165) is 23.0 Å².